The molecule has 0 aliphatic heterocycles. The number of hydrogen-bond donors (Lipinski definition) is 2. The van der Waals surface area contributed by atoms with Gasteiger partial charge in [-0.3, -0.25) is 9.69 Å². The number of aliphatic hydroxyl groups excluding tert-OH is 1. The van der Waals surface area contributed by atoms with E-state index in [2.05, 4.69) is 4.74 Å². The second-order valence-electron chi connectivity index (χ2n) is 5.18. The molecule has 20 heavy (non-hydrogen) atoms. The zero-order chi connectivity index (χ0) is 15.0. The molecule has 1 aromatic rings. The number of nitrogens with zero attached hydrogens (tertiary/aromatic N) is 1. The van der Waals surface area contributed by atoms with E-state index < -0.39 is 5.60 Å². The standard InChI is InChI=1S/C15H23NO4/c1-15(19,12-17)11-16(9-8-14(18)20-2)10-13-6-4-3-5-7-13/h3-7,17,19H,8-12H2,1-2H3. The van der Waals surface area contributed by atoms with Gasteiger partial charge in [-0.25, -0.2) is 0 Å². The molecule has 0 fully saturated rings. The van der Waals surface area contributed by atoms with E-state index in [-0.39, 0.29) is 25.5 Å². The number of rotatable bonds is 8. The minimum atomic E-state index is -1.19. The Kier molecular flexibility index (Phi) is 6.64. The summed E-state index contributed by atoms with van der Waals surface area (Å²) in [6.07, 6.45) is 0.255. The number of carbonyl (C=O) groups excluding carboxylic acids is 1. The molecule has 0 amide bonds. The zero-order valence-electron chi connectivity index (χ0n) is 12.1. The Morgan fingerprint density at radius 2 is 2.00 bits per heavy atom. The van der Waals surface area contributed by atoms with Gasteiger partial charge < -0.3 is 14.9 Å². The fraction of sp³-hybridized carbons (Fsp3) is 0.533. The first kappa shape index (κ1) is 16.6. The van der Waals surface area contributed by atoms with Gasteiger partial charge in [-0.15, -0.1) is 0 Å². The van der Waals surface area contributed by atoms with Gasteiger partial charge in [-0.05, 0) is 12.5 Å². The van der Waals surface area contributed by atoms with Crippen molar-refractivity contribution in [1.82, 2.24) is 4.90 Å². The lowest BCUT2D eigenvalue weighted by Crippen LogP contribution is -2.44. The van der Waals surface area contributed by atoms with Crippen molar-refractivity contribution in [3.63, 3.8) is 0 Å². The van der Waals surface area contributed by atoms with Crippen LogP contribution in [0.25, 0.3) is 0 Å². The summed E-state index contributed by atoms with van der Waals surface area (Å²) >= 11 is 0. The van der Waals surface area contributed by atoms with Crippen molar-refractivity contribution in [1.29, 1.82) is 0 Å². The summed E-state index contributed by atoms with van der Waals surface area (Å²) in [5.41, 5.74) is -0.101. The predicted molar refractivity (Wildman–Crippen MR) is 76.1 cm³/mol. The maximum Gasteiger partial charge on any atom is 0.306 e. The highest BCUT2D eigenvalue weighted by atomic mass is 16.5. The molecule has 0 aromatic heterocycles. The van der Waals surface area contributed by atoms with Gasteiger partial charge in [0.2, 0.25) is 0 Å². The Hall–Kier alpha value is -1.43. The highest BCUT2D eigenvalue weighted by Gasteiger charge is 2.23. The minimum absolute atomic E-state index is 0.255. The average molecular weight is 281 g/mol. The maximum atomic E-state index is 11.2. The van der Waals surface area contributed by atoms with E-state index in [0.717, 1.165) is 5.56 Å². The number of carbonyl (C=O) groups is 1. The van der Waals surface area contributed by atoms with Gasteiger partial charge in [0.1, 0.15) is 0 Å². The summed E-state index contributed by atoms with van der Waals surface area (Å²) in [5, 5.41) is 19.2. The normalized spacial score (nSPS) is 14.1. The molecule has 0 saturated heterocycles. The van der Waals surface area contributed by atoms with Crippen LogP contribution in [0.2, 0.25) is 0 Å². The highest BCUT2D eigenvalue weighted by molar-refractivity contribution is 5.69. The lowest BCUT2D eigenvalue weighted by atomic mass is 10.1. The van der Waals surface area contributed by atoms with Crippen molar-refractivity contribution >= 4 is 5.97 Å². The van der Waals surface area contributed by atoms with Gasteiger partial charge in [0.15, 0.2) is 0 Å². The van der Waals surface area contributed by atoms with Crippen LogP contribution in [-0.2, 0) is 16.1 Å². The van der Waals surface area contributed by atoms with E-state index >= 15 is 0 Å². The zero-order valence-corrected chi connectivity index (χ0v) is 12.1. The van der Waals surface area contributed by atoms with E-state index in [9.17, 15) is 9.90 Å². The van der Waals surface area contributed by atoms with Crippen LogP contribution in [0.3, 0.4) is 0 Å². The van der Waals surface area contributed by atoms with Crippen LogP contribution >= 0.6 is 0 Å². The SMILES string of the molecule is COC(=O)CCN(Cc1ccccc1)CC(C)(O)CO. The summed E-state index contributed by atoms with van der Waals surface area (Å²) in [6.45, 7) is 2.61. The molecule has 1 aromatic carbocycles. The summed E-state index contributed by atoms with van der Waals surface area (Å²) in [4.78, 5) is 13.2. The van der Waals surface area contributed by atoms with Gasteiger partial charge in [-0.1, -0.05) is 30.3 Å². The number of hydrogen-bond acceptors (Lipinski definition) is 5. The smallest absolute Gasteiger partial charge is 0.306 e. The van der Waals surface area contributed by atoms with Crippen LogP contribution < -0.4 is 0 Å². The second kappa shape index (κ2) is 7.99. The largest absolute Gasteiger partial charge is 0.469 e. The van der Waals surface area contributed by atoms with Crippen LogP contribution in [0.15, 0.2) is 30.3 Å². The van der Waals surface area contributed by atoms with Gasteiger partial charge in [-0.2, -0.15) is 0 Å². The number of aliphatic hydroxyl groups is 2. The topological polar surface area (TPSA) is 70.0 Å². The van der Waals surface area contributed by atoms with Crippen LogP contribution in [0.5, 0.6) is 0 Å². The van der Waals surface area contributed by atoms with E-state index in [4.69, 9.17) is 5.11 Å². The number of methoxy groups -OCH3 is 1. The lowest BCUT2D eigenvalue weighted by molar-refractivity contribution is -0.141. The van der Waals surface area contributed by atoms with Crippen molar-refractivity contribution in [2.75, 3.05) is 26.8 Å². The van der Waals surface area contributed by atoms with Crippen molar-refractivity contribution < 1.29 is 19.7 Å². The maximum absolute atomic E-state index is 11.2. The molecule has 0 aliphatic rings. The Labute approximate surface area is 119 Å². The molecule has 0 aliphatic carbocycles. The molecule has 2 N–H and O–H groups in total. The van der Waals surface area contributed by atoms with Gasteiger partial charge in [0.05, 0.1) is 25.7 Å². The second-order valence-corrected chi connectivity index (χ2v) is 5.18. The molecule has 0 heterocycles. The summed E-state index contributed by atoms with van der Waals surface area (Å²) < 4.78 is 4.63. The number of ether oxygens (including phenoxy) is 1. The molecular formula is C15H23NO4. The first-order chi connectivity index (χ1) is 9.46. The molecule has 1 unspecified atom stereocenters. The van der Waals surface area contributed by atoms with Crippen molar-refractivity contribution in [3.8, 4) is 0 Å². The molecule has 0 spiro atoms. The van der Waals surface area contributed by atoms with Gasteiger partial charge in [0.25, 0.3) is 0 Å². The Morgan fingerprint density at radius 3 is 2.55 bits per heavy atom. The van der Waals surface area contributed by atoms with Gasteiger partial charge in [0, 0.05) is 19.6 Å². The Bertz CT molecular complexity index is 406. The molecule has 0 saturated carbocycles. The highest BCUT2D eigenvalue weighted by Crippen LogP contribution is 2.11. The third kappa shape index (κ3) is 6.14. The predicted octanol–water partition coefficient (Wildman–Crippen LogP) is 0.795. The molecule has 5 heteroatoms. The third-order valence-corrected chi connectivity index (χ3v) is 3.01. The van der Waals surface area contributed by atoms with Crippen LogP contribution in [0, 0.1) is 0 Å². The third-order valence-electron chi connectivity index (χ3n) is 3.01. The Balaban J connectivity index is 2.66. The molecule has 0 bridgehead atoms. The summed E-state index contributed by atoms with van der Waals surface area (Å²) in [7, 11) is 1.35. The van der Waals surface area contributed by atoms with Crippen molar-refractivity contribution in [2.24, 2.45) is 0 Å². The molecule has 0 radical (unpaired) electrons. The number of benzene rings is 1. The van der Waals surface area contributed by atoms with E-state index in [1.807, 2.05) is 35.2 Å². The lowest BCUT2D eigenvalue weighted by Gasteiger charge is -2.30. The fourth-order valence-corrected chi connectivity index (χ4v) is 1.94. The molecule has 5 nitrogen and oxygen atoms in total. The van der Waals surface area contributed by atoms with E-state index in [0.29, 0.717) is 13.1 Å². The van der Waals surface area contributed by atoms with Crippen molar-refractivity contribution in [3.05, 3.63) is 35.9 Å². The number of esters is 1. The molecule has 1 rings (SSSR count). The van der Waals surface area contributed by atoms with Crippen LogP contribution in [0.1, 0.15) is 18.9 Å². The molecule has 1 atom stereocenters. The van der Waals surface area contributed by atoms with Crippen LogP contribution in [-0.4, -0.2) is 53.5 Å². The monoisotopic (exact) mass is 281 g/mol. The van der Waals surface area contributed by atoms with E-state index in [1.165, 1.54) is 7.11 Å². The summed E-state index contributed by atoms with van der Waals surface area (Å²) in [6, 6.07) is 9.79. The average Bonchev–Trinajstić information content (AvgIpc) is 2.45. The fourth-order valence-electron chi connectivity index (χ4n) is 1.94. The van der Waals surface area contributed by atoms with Crippen LogP contribution in [0.4, 0.5) is 0 Å². The van der Waals surface area contributed by atoms with E-state index in [1.54, 1.807) is 6.92 Å². The summed E-state index contributed by atoms with van der Waals surface area (Å²) in [5.74, 6) is -0.285. The Morgan fingerprint density at radius 1 is 1.35 bits per heavy atom. The molecule has 112 valence electrons. The minimum Gasteiger partial charge on any atom is -0.469 e. The first-order valence-corrected chi connectivity index (χ1v) is 6.63. The van der Waals surface area contributed by atoms with Gasteiger partial charge >= 0.3 is 5.97 Å². The quantitative estimate of drug-likeness (QED) is 0.690. The first-order valence-electron chi connectivity index (χ1n) is 6.63. The molecular weight excluding hydrogens is 258 g/mol. The van der Waals surface area contributed by atoms with Crippen molar-refractivity contribution in [2.45, 2.75) is 25.5 Å².